The maximum atomic E-state index is 13.1. The smallest absolute Gasteiger partial charge is 0.250 e. The van der Waals surface area contributed by atoms with E-state index in [0.717, 1.165) is 53.9 Å². The molecule has 32 heavy (non-hydrogen) atoms. The van der Waals surface area contributed by atoms with Gasteiger partial charge in [0.2, 0.25) is 5.91 Å². The van der Waals surface area contributed by atoms with E-state index in [0.29, 0.717) is 17.8 Å². The minimum absolute atomic E-state index is 0.0187. The Bertz CT molecular complexity index is 1140. The van der Waals surface area contributed by atoms with Crippen molar-refractivity contribution in [3.8, 4) is 11.1 Å². The van der Waals surface area contributed by atoms with Crippen molar-refractivity contribution in [2.45, 2.75) is 38.9 Å². The number of benzene rings is 2. The molecule has 0 aromatic heterocycles. The Morgan fingerprint density at radius 2 is 1.66 bits per heavy atom. The molecule has 0 spiro atoms. The van der Waals surface area contributed by atoms with Crippen LogP contribution in [0.4, 0.5) is 5.69 Å². The van der Waals surface area contributed by atoms with E-state index in [1.807, 2.05) is 53.4 Å². The quantitative estimate of drug-likeness (QED) is 0.644. The summed E-state index contributed by atoms with van der Waals surface area (Å²) in [5.74, 6) is 0.453. The number of sulfone groups is 1. The van der Waals surface area contributed by atoms with Gasteiger partial charge in [0.1, 0.15) is 5.84 Å². The lowest BCUT2D eigenvalue weighted by Crippen LogP contribution is -2.34. The van der Waals surface area contributed by atoms with E-state index in [9.17, 15) is 13.2 Å². The number of carbonyl (C=O) groups excluding carboxylic acids is 1. The number of rotatable bonds is 8. The fourth-order valence-electron chi connectivity index (χ4n) is 3.86. The standard InChI is InChI=1S/C25H31N3O3S/c1-4-12-28(13-5-2)25(29)22-14-21-11-10-20(15-23(21)27-24(26)16-22)19-8-6-18(7-9-19)17-32(3,30)31/h6-11,14-15H,4-5,12-13,16-17H2,1-3H3,(H2,26,27). The van der Waals surface area contributed by atoms with Gasteiger partial charge in [-0.05, 0) is 41.7 Å². The van der Waals surface area contributed by atoms with Gasteiger partial charge in [-0.1, -0.05) is 50.2 Å². The highest BCUT2D eigenvalue weighted by molar-refractivity contribution is 7.89. The molecule has 2 aromatic carbocycles. The predicted molar refractivity (Wildman–Crippen MR) is 131 cm³/mol. The van der Waals surface area contributed by atoms with Crippen LogP contribution in [0, 0.1) is 0 Å². The van der Waals surface area contributed by atoms with E-state index in [1.165, 1.54) is 6.26 Å². The molecule has 2 aromatic rings. The molecule has 0 unspecified atom stereocenters. The molecule has 1 aliphatic heterocycles. The second-order valence-corrected chi connectivity index (χ2v) is 10.4. The summed E-state index contributed by atoms with van der Waals surface area (Å²) in [7, 11) is -3.07. The van der Waals surface area contributed by atoms with E-state index in [1.54, 1.807) is 0 Å². The topological polar surface area (TPSA) is 92.8 Å². The number of hydrogen-bond acceptors (Lipinski definition) is 5. The molecule has 6 nitrogen and oxygen atoms in total. The van der Waals surface area contributed by atoms with Crippen molar-refractivity contribution in [1.82, 2.24) is 4.90 Å². The third-order valence-corrected chi connectivity index (χ3v) is 6.12. The lowest BCUT2D eigenvalue weighted by molar-refractivity contribution is -0.127. The van der Waals surface area contributed by atoms with Gasteiger partial charge in [-0.25, -0.2) is 13.4 Å². The molecule has 7 heteroatoms. The summed E-state index contributed by atoms with van der Waals surface area (Å²) < 4.78 is 23.0. The lowest BCUT2D eigenvalue weighted by Gasteiger charge is -2.22. The van der Waals surface area contributed by atoms with E-state index < -0.39 is 9.84 Å². The zero-order chi connectivity index (χ0) is 23.3. The number of amides is 1. The van der Waals surface area contributed by atoms with E-state index in [-0.39, 0.29) is 11.7 Å². The molecule has 0 bridgehead atoms. The molecule has 0 atom stereocenters. The average Bonchev–Trinajstić information content (AvgIpc) is 2.90. The first-order valence-electron chi connectivity index (χ1n) is 10.9. The largest absolute Gasteiger partial charge is 0.387 e. The number of nitrogens with zero attached hydrogens (tertiary/aromatic N) is 2. The van der Waals surface area contributed by atoms with Crippen LogP contribution in [0.1, 0.15) is 44.2 Å². The van der Waals surface area contributed by atoms with Gasteiger partial charge in [0.25, 0.3) is 0 Å². The van der Waals surface area contributed by atoms with Gasteiger partial charge in [0.05, 0.1) is 11.4 Å². The van der Waals surface area contributed by atoms with Gasteiger partial charge in [-0.3, -0.25) is 4.79 Å². The van der Waals surface area contributed by atoms with Crippen molar-refractivity contribution >= 4 is 33.3 Å². The lowest BCUT2D eigenvalue weighted by atomic mass is 10.00. The molecule has 1 amide bonds. The van der Waals surface area contributed by atoms with Crippen LogP contribution in [-0.4, -0.2) is 44.4 Å². The van der Waals surface area contributed by atoms with E-state index in [4.69, 9.17) is 5.73 Å². The SMILES string of the molecule is CCCN(CCC)C(=O)C1=Cc2ccc(-c3ccc(CS(C)(=O)=O)cc3)cc2N=C(N)C1. The predicted octanol–water partition coefficient (Wildman–Crippen LogP) is 4.32. The van der Waals surface area contributed by atoms with Crippen molar-refractivity contribution < 1.29 is 13.2 Å². The van der Waals surface area contributed by atoms with Crippen molar-refractivity contribution in [2.24, 2.45) is 10.7 Å². The molecular weight excluding hydrogens is 422 g/mol. The van der Waals surface area contributed by atoms with Crippen molar-refractivity contribution in [3.63, 3.8) is 0 Å². The molecule has 3 rings (SSSR count). The second-order valence-electron chi connectivity index (χ2n) is 8.28. The summed E-state index contributed by atoms with van der Waals surface area (Å²) in [4.78, 5) is 19.6. The van der Waals surface area contributed by atoms with Gasteiger partial charge in [-0.15, -0.1) is 0 Å². The third-order valence-electron chi connectivity index (χ3n) is 5.26. The number of carbonyl (C=O) groups is 1. The highest BCUT2D eigenvalue weighted by Crippen LogP contribution is 2.32. The van der Waals surface area contributed by atoms with Crippen LogP contribution in [0.5, 0.6) is 0 Å². The first kappa shape index (κ1) is 23.7. The Morgan fingerprint density at radius 3 is 2.25 bits per heavy atom. The maximum absolute atomic E-state index is 13.1. The molecule has 0 radical (unpaired) electrons. The van der Waals surface area contributed by atoms with Crippen LogP contribution >= 0.6 is 0 Å². The minimum atomic E-state index is -3.07. The van der Waals surface area contributed by atoms with Gasteiger partial charge >= 0.3 is 0 Å². The highest BCUT2D eigenvalue weighted by atomic mass is 32.2. The Kier molecular flexibility index (Phi) is 7.51. The molecule has 170 valence electrons. The normalized spacial score (nSPS) is 13.6. The molecule has 1 heterocycles. The second kappa shape index (κ2) is 10.1. The van der Waals surface area contributed by atoms with Crippen LogP contribution < -0.4 is 5.73 Å². The molecular formula is C25H31N3O3S. The van der Waals surface area contributed by atoms with Crippen molar-refractivity contribution in [3.05, 3.63) is 59.2 Å². The van der Waals surface area contributed by atoms with Crippen LogP contribution in [0.3, 0.4) is 0 Å². The Hall–Kier alpha value is -2.93. The van der Waals surface area contributed by atoms with Crippen LogP contribution in [0.15, 0.2) is 53.0 Å². The van der Waals surface area contributed by atoms with Gasteiger partial charge in [0, 0.05) is 36.9 Å². The molecule has 0 fully saturated rings. The summed E-state index contributed by atoms with van der Waals surface area (Å²) in [6.45, 7) is 5.58. The Balaban J connectivity index is 1.91. The third kappa shape index (κ3) is 6.07. The molecule has 1 aliphatic rings. The molecule has 0 aliphatic carbocycles. The number of amidine groups is 1. The summed E-state index contributed by atoms with van der Waals surface area (Å²) in [5, 5.41) is 0. The maximum Gasteiger partial charge on any atom is 0.250 e. The van der Waals surface area contributed by atoms with Crippen LogP contribution in [0.25, 0.3) is 17.2 Å². The first-order valence-corrected chi connectivity index (χ1v) is 13.0. The summed E-state index contributed by atoms with van der Waals surface area (Å²) >= 11 is 0. The number of aliphatic imine (C=N–C) groups is 1. The zero-order valence-electron chi connectivity index (χ0n) is 19.0. The van der Waals surface area contributed by atoms with Crippen molar-refractivity contribution in [2.75, 3.05) is 19.3 Å². The summed E-state index contributed by atoms with van der Waals surface area (Å²) in [6, 6.07) is 13.4. The van der Waals surface area contributed by atoms with Gasteiger partial charge in [0.15, 0.2) is 9.84 Å². The zero-order valence-corrected chi connectivity index (χ0v) is 19.8. The van der Waals surface area contributed by atoms with E-state index in [2.05, 4.69) is 18.8 Å². The Morgan fingerprint density at radius 1 is 1.03 bits per heavy atom. The average molecular weight is 454 g/mol. The fourth-order valence-corrected chi connectivity index (χ4v) is 4.66. The number of fused-ring (bicyclic) bond motifs is 1. The fraction of sp³-hybridized carbons (Fsp3) is 0.360. The Labute approximate surface area is 190 Å². The highest BCUT2D eigenvalue weighted by Gasteiger charge is 2.21. The molecule has 0 saturated carbocycles. The monoisotopic (exact) mass is 453 g/mol. The van der Waals surface area contributed by atoms with Gasteiger partial charge < -0.3 is 10.6 Å². The van der Waals surface area contributed by atoms with E-state index >= 15 is 0 Å². The van der Waals surface area contributed by atoms with Gasteiger partial charge in [-0.2, -0.15) is 0 Å². The summed E-state index contributed by atoms with van der Waals surface area (Å²) in [6.07, 6.45) is 5.27. The number of nitrogens with two attached hydrogens (primary N) is 1. The first-order chi connectivity index (χ1) is 15.2. The minimum Gasteiger partial charge on any atom is -0.387 e. The van der Waals surface area contributed by atoms with Crippen LogP contribution in [0.2, 0.25) is 0 Å². The molecule has 0 saturated heterocycles. The van der Waals surface area contributed by atoms with Crippen molar-refractivity contribution in [1.29, 1.82) is 0 Å². The molecule has 2 N–H and O–H groups in total. The number of hydrogen-bond donors (Lipinski definition) is 1. The summed E-state index contributed by atoms with van der Waals surface area (Å²) in [5.41, 5.74) is 11.1. The van der Waals surface area contributed by atoms with Crippen LogP contribution in [-0.2, 0) is 20.4 Å².